The van der Waals surface area contributed by atoms with Crippen molar-refractivity contribution in [2.45, 2.75) is 39.5 Å². The van der Waals surface area contributed by atoms with Crippen molar-refractivity contribution in [2.24, 2.45) is 0 Å². The van der Waals surface area contributed by atoms with Crippen molar-refractivity contribution in [3.63, 3.8) is 0 Å². The molecule has 0 aromatic carbocycles. The molecule has 0 saturated heterocycles. The largest absolute Gasteiger partial charge is 0.382 e. The van der Waals surface area contributed by atoms with Crippen LogP contribution in [0.4, 0.5) is 0 Å². The Bertz CT molecular complexity index is 164. The molecule has 0 aliphatic rings. The van der Waals surface area contributed by atoms with Crippen molar-refractivity contribution in [3.8, 4) is 0 Å². The van der Waals surface area contributed by atoms with Crippen LogP contribution in [0.2, 0.25) is 0 Å². The van der Waals surface area contributed by atoms with Crippen LogP contribution in [0.25, 0.3) is 0 Å². The summed E-state index contributed by atoms with van der Waals surface area (Å²) in [5, 5.41) is 4.46. The van der Waals surface area contributed by atoms with Crippen LogP contribution in [0.5, 0.6) is 0 Å². The van der Waals surface area contributed by atoms with E-state index < -0.39 is 0 Å². The first-order valence-corrected chi connectivity index (χ1v) is 8.36. The predicted molar refractivity (Wildman–Crippen MR) is 85.0 cm³/mol. The quantitative estimate of drug-likeness (QED) is 0.364. The van der Waals surface area contributed by atoms with E-state index in [0.29, 0.717) is 0 Å². The fraction of sp³-hybridized carbons (Fsp3) is 1.00. The molecule has 0 saturated carbocycles. The van der Waals surface area contributed by atoms with Crippen molar-refractivity contribution in [2.75, 3.05) is 65.9 Å². The van der Waals surface area contributed by atoms with Gasteiger partial charge in [-0.3, -0.25) is 0 Å². The standard InChI is InChI=1S/C16H34NO4/c1-3-18-13-7-15-20-11-5-9-17-10-6-12-21-16-8-14-19-4-2/h3-16H2,1-2H3. The molecule has 5 nitrogen and oxygen atoms in total. The zero-order valence-electron chi connectivity index (χ0n) is 14.0. The van der Waals surface area contributed by atoms with E-state index in [1.807, 2.05) is 13.8 Å². The maximum atomic E-state index is 5.50. The van der Waals surface area contributed by atoms with Gasteiger partial charge in [0.25, 0.3) is 0 Å². The molecule has 0 unspecified atom stereocenters. The summed E-state index contributed by atoms with van der Waals surface area (Å²) in [6.07, 6.45) is 3.96. The van der Waals surface area contributed by atoms with Gasteiger partial charge in [0.2, 0.25) is 0 Å². The van der Waals surface area contributed by atoms with Crippen LogP contribution >= 0.6 is 0 Å². The van der Waals surface area contributed by atoms with E-state index >= 15 is 0 Å². The molecule has 5 heteroatoms. The Kier molecular flexibility index (Phi) is 19.6. The van der Waals surface area contributed by atoms with Gasteiger partial charge in [0.15, 0.2) is 0 Å². The normalized spacial score (nSPS) is 11.1. The molecule has 0 aliphatic heterocycles. The molecule has 1 radical (unpaired) electrons. The molecule has 0 N–H and O–H groups in total. The SMILES string of the molecule is CCOCCCOCCC[N]CCCOCCCOCC. The summed E-state index contributed by atoms with van der Waals surface area (Å²) in [7, 11) is 0. The molecular weight excluding hydrogens is 270 g/mol. The molecule has 0 bridgehead atoms. The molecule has 127 valence electrons. The molecule has 0 aromatic heterocycles. The van der Waals surface area contributed by atoms with Crippen molar-refractivity contribution >= 4 is 0 Å². The first kappa shape index (κ1) is 20.8. The summed E-state index contributed by atoms with van der Waals surface area (Å²) in [4.78, 5) is 0. The average molecular weight is 304 g/mol. The lowest BCUT2D eigenvalue weighted by Gasteiger charge is -2.06. The summed E-state index contributed by atoms with van der Waals surface area (Å²) in [5.41, 5.74) is 0. The Balaban J connectivity index is 2.90. The lowest BCUT2D eigenvalue weighted by Crippen LogP contribution is -2.13. The Morgan fingerprint density at radius 2 is 0.905 bits per heavy atom. The second-order valence-electron chi connectivity index (χ2n) is 4.70. The van der Waals surface area contributed by atoms with Crippen LogP contribution in [0, 0.1) is 0 Å². The number of rotatable bonds is 18. The van der Waals surface area contributed by atoms with Crippen molar-refractivity contribution in [1.82, 2.24) is 5.32 Å². The molecule has 0 spiro atoms. The van der Waals surface area contributed by atoms with E-state index in [0.717, 1.165) is 91.6 Å². The summed E-state index contributed by atoms with van der Waals surface area (Å²) < 4.78 is 21.5. The van der Waals surface area contributed by atoms with Gasteiger partial charge in [0, 0.05) is 65.9 Å². The zero-order chi connectivity index (χ0) is 15.4. The minimum absolute atomic E-state index is 0.787. The van der Waals surface area contributed by atoms with Crippen LogP contribution in [-0.4, -0.2) is 65.9 Å². The molecule has 0 heterocycles. The Labute approximate surface area is 130 Å². The smallest absolute Gasteiger partial charge is 0.0487 e. The Hall–Kier alpha value is -0.200. The monoisotopic (exact) mass is 304 g/mol. The van der Waals surface area contributed by atoms with Crippen molar-refractivity contribution in [1.29, 1.82) is 0 Å². The maximum Gasteiger partial charge on any atom is 0.0487 e. The predicted octanol–water partition coefficient (Wildman–Crippen LogP) is 2.26. The summed E-state index contributed by atoms with van der Waals surface area (Å²) >= 11 is 0. The van der Waals surface area contributed by atoms with Crippen molar-refractivity contribution < 1.29 is 18.9 Å². The minimum Gasteiger partial charge on any atom is -0.382 e. The second-order valence-corrected chi connectivity index (χ2v) is 4.70. The highest BCUT2D eigenvalue weighted by Crippen LogP contribution is 1.90. The number of ether oxygens (including phenoxy) is 4. The second kappa shape index (κ2) is 19.8. The van der Waals surface area contributed by atoms with Crippen LogP contribution in [0.15, 0.2) is 0 Å². The van der Waals surface area contributed by atoms with E-state index in [9.17, 15) is 0 Å². The van der Waals surface area contributed by atoms with Gasteiger partial charge in [0.1, 0.15) is 0 Å². The Morgan fingerprint density at radius 3 is 1.33 bits per heavy atom. The van der Waals surface area contributed by atoms with Crippen LogP contribution in [0.1, 0.15) is 39.5 Å². The van der Waals surface area contributed by atoms with E-state index in [1.165, 1.54) is 0 Å². The molecule has 0 fully saturated rings. The van der Waals surface area contributed by atoms with Gasteiger partial charge < -0.3 is 18.9 Å². The average Bonchev–Trinajstić information content (AvgIpc) is 2.50. The van der Waals surface area contributed by atoms with Crippen molar-refractivity contribution in [3.05, 3.63) is 0 Å². The third kappa shape index (κ3) is 19.8. The highest BCUT2D eigenvalue weighted by atomic mass is 16.5. The molecule has 21 heavy (non-hydrogen) atoms. The van der Waals surface area contributed by atoms with E-state index in [1.54, 1.807) is 0 Å². The molecular formula is C16H34NO4. The molecule has 0 rings (SSSR count). The molecule has 0 aromatic rings. The van der Waals surface area contributed by atoms with E-state index in [4.69, 9.17) is 18.9 Å². The summed E-state index contributed by atoms with van der Waals surface area (Å²) in [6.45, 7) is 12.1. The number of hydrogen-bond acceptors (Lipinski definition) is 4. The molecule has 0 aliphatic carbocycles. The molecule has 0 amide bonds. The Morgan fingerprint density at radius 1 is 0.524 bits per heavy atom. The van der Waals surface area contributed by atoms with Gasteiger partial charge in [0.05, 0.1) is 0 Å². The van der Waals surface area contributed by atoms with Crippen LogP contribution in [-0.2, 0) is 18.9 Å². The maximum absolute atomic E-state index is 5.50. The highest BCUT2D eigenvalue weighted by Gasteiger charge is 1.94. The number of hydrogen-bond donors (Lipinski definition) is 0. The van der Waals surface area contributed by atoms with Gasteiger partial charge in [-0.1, -0.05) is 0 Å². The van der Waals surface area contributed by atoms with E-state index in [-0.39, 0.29) is 0 Å². The van der Waals surface area contributed by atoms with Gasteiger partial charge in [-0.05, 0) is 39.5 Å². The topological polar surface area (TPSA) is 51.0 Å². The van der Waals surface area contributed by atoms with Gasteiger partial charge in [-0.15, -0.1) is 0 Å². The third-order valence-corrected chi connectivity index (χ3v) is 2.77. The third-order valence-electron chi connectivity index (χ3n) is 2.77. The van der Waals surface area contributed by atoms with Gasteiger partial charge in [-0.25, -0.2) is 5.32 Å². The highest BCUT2D eigenvalue weighted by molar-refractivity contribution is 4.47. The fourth-order valence-electron chi connectivity index (χ4n) is 1.69. The van der Waals surface area contributed by atoms with Crippen LogP contribution < -0.4 is 5.32 Å². The minimum atomic E-state index is 0.787. The summed E-state index contributed by atoms with van der Waals surface area (Å²) in [6, 6.07) is 0. The van der Waals surface area contributed by atoms with Gasteiger partial charge in [-0.2, -0.15) is 0 Å². The number of nitrogens with zero attached hydrogens (tertiary/aromatic N) is 1. The van der Waals surface area contributed by atoms with E-state index in [2.05, 4.69) is 5.32 Å². The summed E-state index contributed by atoms with van der Waals surface area (Å²) in [5.74, 6) is 0. The lowest BCUT2D eigenvalue weighted by atomic mass is 10.4. The zero-order valence-corrected chi connectivity index (χ0v) is 14.0. The fourth-order valence-corrected chi connectivity index (χ4v) is 1.69. The first-order chi connectivity index (χ1) is 10.4. The van der Waals surface area contributed by atoms with Crippen LogP contribution in [0.3, 0.4) is 0 Å². The molecule has 0 atom stereocenters. The first-order valence-electron chi connectivity index (χ1n) is 8.36. The van der Waals surface area contributed by atoms with Gasteiger partial charge >= 0.3 is 0 Å². The lowest BCUT2D eigenvalue weighted by molar-refractivity contribution is 0.0849.